The number of aromatic nitrogens is 2. The summed E-state index contributed by atoms with van der Waals surface area (Å²) in [7, 11) is 1.99. The number of nitrogens with two attached hydrogens (primary N) is 1. The molecule has 2 aromatic rings. The molecule has 1 aromatic heterocycles. The molecule has 0 radical (unpaired) electrons. The van der Waals surface area contributed by atoms with Crippen LogP contribution in [0.5, 0.6) is 0 Å². The van der Waals surface area contributed by atoms with Crippen molar-refractivity contribution in [3.63, 3.8) is 0 Å². The van der Waals surface area contributed by atoms with Gasteiger partial charge in [-0.1, -0.05) is 38.1 Å². The molecule has 0 aliphatic carbocycles. The largest absolute Gasteiger partial charge is 0.329 e. The molecule has 0 atom stereocenters. The molecule has 0 fully saturated rings. The Hall–Kier alpha value is -1.13. The molecular weight excluding hydrogens is 290 g/mol. The average molecular weight is 308 g/mol. The van der Waals surface area contributed by atoms with Crippen LogP contribution < -0.4 is 5.73 Å². The number of nitrogens with zero attached hydrogens (tertiary/aromatic N) is 2. The summed E-state index contributed by atoms with van der Waals surface area (Å²) in [6.07, 6.45) is 0. The van der Waals surface area contributed by atoms with E-state index in [1.54, 1.807) is 0 Å². The number of hydrogen-bond acceptors (Lipinski definition) is 2. The number of rotatable bonds is 3. The van der Waals surface area contributed by atoms with E-state index in [1.807, 2.05) is 11.6 Å². The maximum atomic E-state index is 5.72. The van der Waals surface area contributed by atoms with Crippen molar-refractivity contribution in [1.82, 2.24) is 9.55 Å². The van der Waals surface area contributed by atoms with Gasteiger partial charge < -0.3 is 10.3 Å². The van der Waals surface area contributed by atoms with Gasteiger partial charge in [-0.2, -0.15) is 0 Å². The van der Waals surface area contributed by atoms with Gasteiger partial charge in [-0.15, -0.1) is 0 Å². The lowest BCUT2D eigenvalue weighted by atomic mass is 10.0. The Labute approximate surface area is 116 Å². The van der Waals surface area contributed by atoms with E-state index in [4.69, 9.17) is 5.73 Å². The SMILES string of the molecule is CC(C)c1ccc(-c2nc(Br)c(CN)n2C)cc1. The standard InChI is InChI=1S/C14H18BrN3/c1-9(2)10-4-6-11(7-5-10)14-17-13(15)12(8-16)18(14)3/h4-7,9H,8,16H2,1-3H3. The lowest BCUT2D eigenvalue weighted by molar-refractivity contribution is 0.824. The minimum atomic E-state index is 0.480. The molecule has 0 aliphatic rings. The zero-order valence-corrected chi connectivity index (χ0v) is 12.5. The Morgan fingerprint density at radius 1 is 1.28 bits per heavy atom. The molecule has 2 rings (SSSR count). The number of benzene rings is 1. The van der Waals surface area contributed by atoms with Gasteiger partial charge in [-0.3, -0.25) is 0 Å². The predicted octanol–water partition coefficient (Wildman–Crippen LogP) is 3.43. The van der Waals surface area contributed by atoms with Crippen molar-refractivity contribution in [3.05, 3.63) is 40.1 Å². The van der Waals surface area contributed by atoms with Crippen molar-refractivity contribution in [2.75, 3.05) is 0 Å². The van der Waals surface area contributed by atoms with E-state index in [0.29, 0.717) is 12.5 Å². The molecule has 0 aliphatic heterocycles. The van der Waals surface area contributed by atoms with Crippen molar-refractivity contribution in [1.29, 1.82) is 0 Å². The van der Waals surface area contributed by atoms with Crippen LogP contribution in [0.15, 0.2) is 28.9 Å². The highest BCUT2D eigenvalue weighted by atomic mass is 79.9. The first-order valence-electron chi connectivity index (χ1n) is 6.06. The lowest BCUT2D eigenvalue weighted by Crippen LogP contribution is -2.04. The van der Waals surface area contributed by atoms with Gasteiger partial charge in [0, 0.05) is 19.2 Å². The molecule has 0 unspecified atom stereocenters. The van der Waals surface area contributed by atoms with E-state index in [1.165, 1.54) is 5.56 Å². The highest BCUT2D eigenvalue weighted by Crippen LogP contribution is 2.26. The van der Waals surface area contributed by atoms with Crippen LogP contribution in [0.4, 0.5) is 0 Å². The molecule has 96 valence electrons. The quantitative estimate of drug-likeness (QED) is 0.944. The summed E-state index contributed by atoms with van der Waals surface area (Å²) >= 11 is 3.45. The molecule has 0 amide bonds. The summed E-state index contributed by atoms with van der Waals surface area (Å²) in [6.45, 7) is 4.87. The third-order valence-corrected chi connectivity index (χ3v) is 3.83. The highest BCUT2D eigenvalue weighted by molar-refractivity contribution is 9.10. The van der Waals surface area contributed by atoms with Gasteiger partial charge in [0.15, 0.2) is 0 Å². The van der Waals surface area contributed by atoms with E-state index < -0.39 is 0 Å². The van der Waals surface area contributed by atoms with Crippen molar-refractivity contribution in [2.45, 2.75) is 26.3 Å². The fourth-order valence-corrected chi connectivity index (χ4v) is 2.59. The summed E-state index contributed by atoms with van der Waals surface area (Å²) in [5.41, 5.74) is 9.18. The van der Waals surface area contributed by atoms with Crippen LogP contribution in [0.25, 0.3) is 11.4 Å². The van der Waals surface area contributed by atoms with Crippen LogP contribution in [-0.2, 0) is 13.6 Å². The molecule has 1 aromatic carbocycles. The molecule has 2 N–H and O–H groups in total. The highest BCUT2D eigenvalue weighted by Gasteiger charge is 2.12. The fourth-order valence-electron chi connectivity index (χ4n) is 2.00. The van der Waals surface area contributed by atoms with E-state index >= 15 is 0 Å². The fraction of sp³-hybridized carbons (Fsp3) is 0.357. The topological polar surface area (TPSA) is 43.8 Å². The molecule has 0 bridgehead atoms. The summed E-state index contributed by atoms with van der Waals surface area (Å²) in [5.74, 6) is 1.49. The maximum Gasteiger partial charge on any atom is 0.141 e. The van der Waals surface area contributed by atoms with Gasteiger partial charge in [0.2, 0.25) is 0 Å². The van der Waals surface area contributed by atoms with Gasteiger partial charge >= 0.3 is 0 Å². The smallest absolute Gasteiger partial charge is 0.141 e. The molecule has 0 spiro atoms. The van der Waals surface area contributed by atoms with Crippen LogP contribution in [0.3, 0.4) is 0 Å². The Kier molecular flexibility index (Phi) is 3.88. The van der Waals surface area contributed by atoms with Crippen LogP contribution in [0.1, 0.15) is 31.0 Å². The monoisotopic (exact) mass is 307 g/mol. The normalized spacial score (nSPS) is 11.2. The Morgan fingerprint density at radius 2 is 1.89 bits per heavy atom. The van der Waals surface area contributed by atoms with Crippen molar-refractivity contribution in [3.8, 4) is 11.4 Å². The van der Waals surface area contributed by atoms with Gasteiger partial charge in [0.25, 0.3) is 0 Å². The van der Waals surface area contributed by atoms with Crippen LogP contribution in [-0.4, -0.2) is 9.55 Å². The van der Waals surface area contributed by atoms with Crippen molar-refractivity contribution in [2.24, 2.45) is 12.8 Å². The summed E-state index contributed by atoms with van der Waals surface area (Å²) in [4.78, 5) is 4.53. The minimum absolute atomic E-state index is 0.480. The summed E-state index contributed by atoms with van der Waals surface area (Å²) in [6, 6.07) is 8.55. The summed E-state index contributed by atoms with van der Waals surface area (Å²) in [5, 5.41) is 0. The number of halogens is 1. The first-order valence-corrected chi connectivity index (χ1v) is 6.85. The third kappa shape index (κ3) is 2.35. The van der Waals surface area contributed by atoms with Gasteiger partial charge in [-0.05, 0) is 27.4 Å². The van der Waals surface area contributed by atoms with E-state index in [0.717, 1.165) is 21.7 Å². The minimum Gasteiger partial charge on any atom is -0.329 e. The third-order valence-electron chi connectivity index (χ3n) is 3.19. The molecule has 0 saturated carbocycles. The van der Waals surface area contributed by atoms with Crippen LogP contribution >= 0.6 is 15.9 Å². The van der Waals surface area contributed by atoms with Gasteiger partial charge in [-0.25, -0.2) is 4.98 Å². The molecule has 4 heteroatoms. The van der Waals surface area contributed by atoms with Gasteiger partial charge in [0.05, 0.1) is 5.69 Å². The Balaban J connectivity index is 2.43. The average Bonchev–Trinajstić information content (AvgIpc) is 2.64. The molecule has 18 heavy (non-hydrogen) atoms. The second-order valence-corrected chi connectivity index (χ2v) is 5.46. The molecule has 0 saturated heterocycles. The zero-order chi connectivity index (χ0) is 13.3. The summed E-state index contributed by atoms with van der Waals surface area (Å²) < 4.78 is 2.87. The maximum absolute atomic E-state index is 5.72. The molecule has 1 heterocycles. The van der Waals surface area contributed by atoms with Crippen molar-refractivity contribution < 1.29 is 0 Å². The van der Waals surface area contributed by atoms with Crippen molar-refractivity contribution >= 4 is 15.9 Å². The Morgan fingerprint density at radius 3 is 2.33 bits per heavy atom. The van der Waals surface area contributed by atoms with Crippen LogP contribution in [0.2, 0.25) is 0 Å². The second kappa shape index (κ2) is 5.24. The molecule has 3 nitrogen and oxygen atoms in total. The lowest BCUT2D eigenvalue weighted by Gasteiger charge is -2.07. The first kappa shape index (κ1) is 13.3. The molecular formula is C14H18BrN3. The van der Waals surface area contributed by atoms with E-state index in [9.17, 15) is 0 Å². The number of imidazole rings is 1. The number of hydrogen-bond donors (Lipinski definition) is 1. The van der Waals surface area contributed by atoms with E-state index in [2.05, 4.69) is 59.0 Å². The zero-order valence-electron chi connectivity index (χ0n) is 10.9. The van der Waals surface area contributed by atoms with E-state index in [-0.39, 0.29) is 0 Å². The second-order valence-electron chi connectivity index (χ2n) is 4.71. The Bertz CT molecular complexity index is 541. The first-order chi connectivity index (χ1) is 8.54. The predicted molar refractivity (Wildman–Crippen MR) is 78.3 cm³/mol. The van der Waals surface area contributed by atoms with Gasteiger partial charge in [0.1, 0.15) is 10.4 Å². The van der Waals surface area contributed by atoms with Crippen LogP contribution in [0, 0.1) is 0 Å².